The van der Waals surface area contributed by atoms with Crippen LogP contribution in [0.5, 0.6) is 0 Å². The zero-order valence-electron chi connectivity index (χ0n) is 12.8. The largest absolute Gasteiger partial charge is 0.388 e. The second-order valence-electron chi connectivity index (χ2n) is 6.22. The summed E-state index contributed by atoms with van der Waals surface area (Å²) in [4.78, 5) is 0.235. The lowest BCUT2D eigenvalue weighted by Crippen LogP contribution is -2.47. The van der Waals surface area contributed by atoms with E-state index in [2.05, 4.69) is 4.72 Å². The van der Waals surface area contributed by atoms with Gasteiger partial charge in [-0.2, -0.15) is 0 Å². The molecule has 1 fully saturated rings. The maximum absolute atomic E-state index is 12.6. The first-order valence-corrected chi connectivity index (χ1v) is 9.17. The van der Waals surface area contributed by atoms with Crippen LogP contribution in [0.4, 0.5) is 0 Å². The number of aliphatic hydroxyl groups is 1. The maximum atomic E-state index is 12.6. The highest BCUT2D eigenvalue weighted by atomic mass is 32.2. The zero-order chi connectivity index (χ0) is 15.5. The summed E-state index contributed by atoms with van der Waals surface area (Å²) in [6.07, 6.45) is 5.00. The molecule has 1 aromatic rings. The van der Waals surface area contributed by atoms with Crippen LogP contribution in [-0.4, -0.2) is 19.1 Å². The summed E-state index contributed by atoms with van der Waals surface area (Å²) < 4.78 is 28.0. The summed E-state index contributed by atoms with van der Waals surface area (Å²) in [6.45, 7) is 3.85. The topological polar surface area (TPSA) is 66.4 Å². The van der Waals surface area contributed by atoms with Crippen molar-refractivity contribution >= 4 is 10.0 Å². The Morgan fingerprint density at radius 1 is 1.29 bits per heavy atom. The van der Waals surface area contributed by atoms with Gasteiger partial charge in [-0.05, 0) is 43.9 Å². The monoisotopic (exact) mass is 311 g/mol. The molecule has 1 aliphatic carbocycles. The molecule has 1 unspecified atom stereocenters. The Morgan fingerprint density at radius 2 is 1.95 bits per heavy atom. The van der Waals surface area contributed by atoms with Crippen LogP contribution >= 0.6 is 0 Å². The first-order valence-electron chi connectivity index (χ1n) is 7.68. The van der Waals surface area contributed by atoms with Crippen LogP contribution < -0.4 is 4.72 Å². The lowest BCUT2D eigenvalue weighted by Gasteiger charge is -2.34. The van der Waals surface area contributed by atoms with Crippen LogP contribution in [0.25, 0.3) is 0 Å². The predicted molar refractivity (Wildman–Crippen MR) is 83.5 cm³/mol. The van der Waals surface area contributed by atoms with Crippen molar-refractivity contribution in [1.29, 1.82) is 0 Å². The van der Waals surface area contributed by atoms with Crippen molar-refractivity contribution in [2.75, 3.05) is 0 Å². The smallest absolute Gasteiger partial charge is 0.241 e. The fourth-order valence-electron chi connectivity index (χ4n) is 2.94. The van der Waals surface area contributed by atoms with Crippen molar-refractivity contribution in [2.24, 2.45) is 0 Å². The Morgan fingerprint density at radius 3 is 2.57 bits per heavy atom. The van der Waals surface area contributed by atoms with Gasteiger partial charge in [0.25, 0.3) is 0 Å². The van der Waals surface area contributed by atoms with E-state index in [0.717, 1.165) is 25.7 Å². The van der Waals surface area contributed by atoms with E-state index < -0.39 is 16.1 Å². The first-order chi connectivity index (χ1) is 9.86. The van der Waals surface area contributed by atoms with Gasteiger partial charge in [0, 0.05) is 5.54 Å². The van der Waals surface area contributed by atoms with Gasteiger partial charge in [0.05, 0.1) is 11.0 Å². The van der Waals surface area contributed by atoms with Crippen molar-refractivity contribution in [1.82, 2.24) is 4.72 Å². The van der Waals surface area contributed by atoms with Gasteiger partial charge in [-0.25, -0.2) is 13.1 Å². The van der Waals surface area contributed by atoms with Gasteiger partial charge in [0.15, 0.2) is 0 Å². The maximum Gasteiger partial charge on any atom is 0.241 e. The minimum Gasteiger partial charge on any atom is -0.388 e. The highest BCUT2D eigenvalue weighted by Crippen LogP contribution is 2.29. The van der Waals surface area contributed by atoms with Crippen molar-refractivity contribution in [2.45, 2.75) is 68.9 Å². The van der Waals surface area contributed by atoms with E-state index in [1.165, 1.54) is 6.42 Å². The number of benzene rings is 1. The highest BCUT2D eigenvalue weighted by molar-refractivity contribution is 7.89. The van der Waals surface area contributed by atoms with E-state index in [0.29, 0.717) is 12.0 Å². The number of hydrogen-bond acceptors (Lipinski definition) is 3. The summed E-state index contributed by atoms with van der Waals surface area (Å²) in [6, 6.07) is 6.60. The molecule has 2 N–H and O–H groups in total. The molecule has 21 heavy (non-hydrogen) atoms. The quantitative estimate of drug-likeness (QED) is 0.878. The van der Waals surface area contributed by atoms with Crippen LogP contribution in [0.15, 0.2) is 29.2 Å². The molecule has 4 nitrogen and oxygen atoms in total. The Labute approximate surface area is 127 Å². The molecule has 1 saturated carbocycles. The molecular formula is C16H25NO3S. The SMILES string of the molecule is CCC(O)c1cccc(S(=O)(=O)NC2(C)CCCCC2)c1. The summed E-state index contributed by atoms with van der Waals surface area (Å²) in [5.41, 5.74) is 0.297. The van der Waals surface area contributed by atoms with Gasteiger partial charge in [-0.1, -0.05) is 38.3 Å². The van der Waals surface area contributed by atoms with E-state index in [1.54, 1.807) is 24.3 Å². The molecule has 0 bridgehead atoms. The lowest BCUT2D eigenvalue weighted by molar-refractivity contribution is 0.173. The molecule has 0 spiro atoms. The van der Waals surface area contributed by atoms with Gasteiger partial charge in [-0.3, -0.25) is 0 Å². The third kappa shape index (κ3) is 4.05. The normalized spacial score (nSPS) is 20.1. The lowest BCUT2D eigenvalue weighted by atomic mass is 9.84. The molecule has 0 radical (unpaired) electrons. The van der Waals surface area contributed by atoms with Gasteiger partial charge < -0.3 is 5.11 Å². The molecule has 1 aliphatic rings. The molecule has 0 amide bonds. The van der Waals surface area contributed by atoms with E-state index in [9.17, 15) is 13.5 Å². The molecule has 1 atom stereocenters. The highest BCUT2D eigenvalue weighted by Gasteiger charge is 2.32. The number of rotatable bonds is 5. The summed E-state index contributed by atoms with van der Waals surface area (Å²) in [5.74, 6) is 0. The molecule has 0 aliphatic heterocycles. The third-order valence-corrected chi connectivity index (χ3v) is 5.91. The van der Waals surface area contributed by atoms with E-state index in [-0.39, 0.29) is 10.4 Å². The third-order valence-electron chi connectivity index (χ3n) is 4.28. The van der Waals surface area contributed by atoms with E-state index in [1.807, 2.05) is 13.8 Å². The van der Waals surface area contributed by atoms with Crippen molar-refractivity contribution in [3.63, 3.8) is 0 Å². The van der Waals surface area contributed by atoms with Crippen molar-refractivity contribution in [3.05, 3.63) is 29.8 Å². The van der Waals surface area contributed by atoms with Crippen LogP contribution in [0.3, 0.4) is 0 Å². The Bertz CT molecular complexity index is 577. The van der Waals surface area contributed by atoms with Gasteiger partial charge >= 0.3 is 0 Å². The van der Waals surface area contributed by atoms with E-state index >= 15 is 0 Å². The second kappa shape index (κ2) is 6.46. The van der Waals surface area contributed by atoms with Crippen molar-refractivity contribution < 1.29 is 13.5 Å². The van der Waals surface area contributed by atoms with Crippen LogP contribution in [0.1, 0.15) is 64.0 Å². The first kappa shape index (κ1) is 16.5. The summed E-state index contributed by atoms with van der Waals surface area (Å²) >= 11 is 0. The Kier molecular flexibility index (Phi) is 5.07. The van der Waals surface area contributed by atoms with Crippen LogP contribution in [0, 0.1) is 0 Å². The molecule has 1 aromatic carbocycles. The number of aliphatic hydroxyl groups excluding tert-OH is 1. The predicted octanol–water partition coefficient (Wildman–Crippen LogP) is 3.13. The minimum atomic E-state index is -3.54. The van der Waals surface area contributed by atoms with Crippen molar-refractivity contribution in [3.8, 4) is 0 Å². The van der Waals surface area contributed by atoms with Gasteiger partial charge in [0.2, 0.25) is 10.0 Å². The fraction of sp³-hybridized carbons (Fsp3) is 0.625. The number of nitrogens with one attached hydrogen (secondary N) is 1. The fourth-order valence-corrected chi connectivity index (χ4v) is 4.46. The standard InChI is InChI=1S/C16H25NO3S/c1-3-15(18)13-8-7-9-14(12-13)21(19,20)17-16(2)10-5-4-6-11-16/h7-9,12,15,17-18H,3-6,10-11H2,1-2H3. The zero-order valence-corrected chi connectivity index (χ0v) is 13.6. The summed E-state index contributed by atoms with van der Waals surface area (Å²) in [5, 5.41) is 9.88. The molecule has 0 aromatic heterocycles. The van der Waals surface area contributed by atoms with Gasteiger partial charge in [0.1, 0.15) is 0 Å². The van der Waals surface area contributed by atoms with E-state index in [4.69, 9.17) is 0 Å². The minimum absolute atomic E-state index is 0.235. The molecule has 118 valence electrons. The average Bonchev–Trinajstić information content (AvgIpc) is 2.46. The summed E-state index contributed by atoms with van der Waals surface area (Å²) in [7, 11) is -3.54. The Hall–Kier alpha value is -0.910. The average molecular weight is 311 g/mol. The van der Waals surface area contributed by atoms with Crippen LogP contribution in [-0.2, 0) is 10.0 Å². The molecular weight excluding hydrogens is 286 g/mol. The van der Waals surface area contributed by atoms with Crippen LogP contribution in [0.2, 0.25) is 0 Å². The van der Waals surface area contributed by atoms with Gasteiger partial charge in [-0.15, -0.1) is 0 Å². The molecule has 5 heteroatoms. The molecule has 0 heterocycles. The number of sulfonamides is 1. The second-order valence-corrected chi connectivity index (χ2v) is 7.91. The Balaban J connectivity index is 2.23. The molecule has 0 saturated heterocycles. The molecule has 2 rings (SSSR count). The number of hydrogen-bond donors (Lipinski definition) is 2.